The van der Waals surface area contributed by atoms with Crippen LogP contribution >= 0.6 is 0 Å². The highest BCUT2D eigenvalue weighted by atomic mass is 32.2. The fourth-order valence-corrected chi connectivity index (χ4v) is 5.81. The van der Waals surface area contributed by atoms with Crippen LogP contribution in [0.25, 0.3) is 54.9 Å². The summed E-state index contributed by atoms with van der Waals surface area (Å²) in [6.45, 7) is 0. The van der Waals surface area contributed by atoms with Gasteiger partial charge in [0.25, 0.3) is 10.1 Å². The molecule has 0 saturated carbocycles. The molecule has 6 rings (SSSR count). The zero-order valence-corrected chi connectivity index (χ0v) is 20.8. The number of fused-ring (bicyclic) bond motifs is 2. The van der Waals surface area contributed by atoms with Gasteiger partial charge in [-0.15, -0.1) is 0 Å². The first-order chi connectivity index (χ1) is 18.0. The molecule has 0 atom stereocenters. The summed E-state index contributed by atoms with van der Waals surface area (Å²) in [5.41, 5.74) is 7.30. The molecule has 6 aromatic carbocycles. The van der Waals surface area contributed by atoms with Crippen LogP contribution in [0.5, 0.6) is 0 Å². The molecule has 0 fully saturated rings. The summed E-state index contributed by atoms with van der Waals surface area (Å²) >= 11 is 0. The number of rotatable bonds is 5. The Labute approximate surface area is 216 Å². The minimum absolute atomic E-state index is 0.393. The second kappa shape index (κ2) is 9.32. The first-order valence-electron chi connectivity index (χ1n) is 12.1. The minimum Gasteiger partial charge on any atom is -0.285 e. The van der Waals surface area contributed by atoms with E-state index in [0.29, 0.717) is 5.56 Å². The summed E-state index contributed by atoms with van der Waals surface area (Å²) in [5.74, 6) is -0.393. The third kappa shape index (κ3) is 4.53. The predicted molar refractivity (Wildman–Crippen MR) is 153 cm³/mol. The molecule has 0 spiro atoms. The van der Waals surface area contributed by atoms with E-state index in [1.165, 1.54) is 32.8 Å². The molecule has 37 heavy (non-hydrogen) atoms. The molecule has 0 aliphatic heterocycles. The Balaban J connectivity index is 1.65. The standard InChI is InChI=1S/C33H24O3S/c34-37(35,36)22-23-15-17-24(18-16-23)27-19-20-30-31(21-27)33(26-11-5-2-6-12-26)29-14-8-7-13-28(29)32(30)25-9-3-1-4-10-25/h1-21H,22H2,(H,34,35,36). The Morgan fingerprint density at radius 2 is 0.919 bits per heavy atom. The van der Waals surface area contributed by atoms with Crippen LogP contribution in [-0.4, -0.2) is 13.0 Å². The van der Waals surface area contributed by atoms with Crippen LogP contribution in [0.3, 0.4) is 0 Å². The van der Waals surface area contributed by atoms with E-state index in [1.54, 1.807) is 12.1 Å². The van der Waals surface area contributed by atoms with Crippen molar-refractivity contribution in [2.75, 3.05) is 0 Å². The molecule has 4 heteroatoms. The molecular formula is C33H24O3S. The molecule has 1 N–H and O–H groups in total. The summed E-state index contributed by atoms with van der Waals surface area (Å²) in [4.78, 5) is 0. The topological polar surface area (TPSA) is 54.4 Å². The summed E-state index contributed by atoms with van der Waals surface area (Å²) in [6.07, 6.45) is 0. The lowest BCUT2D eigenvalue weighted by molar-refractivity contribution is 0.482. The van der Waals surface area contributed by atoms with E-state index in [2.05, 4.69) is 91.0 Å². The van der Waals surface area contributed by atoms with Crippen molar-refractivity contribution < 1.29 is 13.0 Å². The van der Waals surface area contributed by atoms with Crippen molar-refractivity contribution in [1.82, 2.24) is 0 Å². The minimum atomic E-state index is -4.07. The second-order valence-electron chi connectivity index (χ2n) is 9.21. The smallest absolute Gasteiger partial charge is 0.269 e. The average molecular weight is 501 g/mol. The van der Waals surface area contributed by atoms with Gasteiger partial charge in [-0.05, 0) is 66.6 Å². The molecule has 0 aliphatic rings. The third-order valence-electron chi connectivity index (χ3n) is 6.79. The van der Waals surface area contributed by atoms with Crippen molar-refractivity contribution in [3.63, 3.8) is 0 Å². The number of hydrogen-bond acceptors (Lipinski definition) is 2. The summed E-state index contributed by atoms with van der Waals surface area (Å²) in [5, 5.41) is 4.74. The third-order valence-corrected chi connectivity index (χ3v) is 7.48. The summed E-state index contributed by atoms with van der Waals surface area (Å²) in [6, 6.07) is 43.4. The van der Waals surface area contributed by atoms with Crippen LogP contribution in [0.15, 0.2) is 127 Å². The van der Waals surface area contributed by atoms with E-state index in [-0.39, 0.29) is 0 Å². The van der Waals surface area contributed by atoms with Gasteiger partial charge in [-0.3, -0.25) is 4.55 Å². The molecule has 6 aromatic rings. The maximum Gasteiger partial charge on any atom is 0.269 e. The molecule has 0 radical (unpaired) electrons. The van der Waals surface area contributed by atoms with Gasteiger partial charge in [0, 0.05) is 0 Å². The molecule has 0 unspecified atom stereocenters. The maximum atomic E-state index is 11.3. The van der Waals surface area contributed by atoms with Gasteiger partial charge < -0.3 is 0 Å². The molecule has 3 nitrogen and oxygen atoms in total. The lowest BCUT2D eigenvalue weighted by atomic mass is 9.85. The van der Waals surface area contributed by atoms with Crippen molar-refractivity contribution in [3.8, 4) is 33.4 Å². The summed E-state index contributed by atoms with van der Waals surface area (Å²) < 4.78 is 31.8. The van der Waals surface area contributed by atoms with Crippen molar-refractivity contribution >= 4 is 31.7 Å². The van der Waals surface area contributed by atoms with Crippen molar-refractivity contribution in [2.45, 2.75) is 5.75 Å². The van der Waals surface area contributed by atoms with Gasteiger partial charge in [0.15, 0.2) is 0 Å². The van der Waals surface area contributed by atoms with Crippen LogP contribution in [0, 0.1) is 0 Å². The summed E-state index contributed by atoms with van der Waals surface area (Å²) in [7, 11) is -4.07. The van der Waals surface area contributed by atoms with Gasteiger partial charge in [-0.25, -0.2) is 0 Å². The van der Waals surface area contributed by atoms with Crippen LogP contribution in [0.1, 0.15) is 5.56 Å². The highest BCUT2D eigenvalue weighted by Crippen LogP contribution is 2.44. The molecule has 0 aromatic heterocycles. The first kappa shape index (κ1) is 23.2. The SMILES string of the molecule is O=S(=O)(O)Cc1ccc(-c2ccc3c(-c4ccccc4)c4ccccc4c(-c4ccccc4)c3c2)cc1. The van der Waals surface area contributed by atoms with Crippen molar-refractivity contribution in [2.24, 2.45) is 0 Å². The first-order valence-corrected chi connectivity index (χ1v) is 13.7. The van der Waals surface area contributed by atoms with Gasteiger partial charge in [0.05, 0.1) is 0 Å². The Kier molecular flexibility index (Phi) is 5.84. The molecule has 0 amide bonds. The molecule has 180 valence electrons. The van der Waals surface area contributed by atoms with Crippen molar-refractivity contribution in [3.05, 3.63) is 133 Å². The average Bonchev–Trinajstić information content (AvgIpc) is 2.92. The van der Waals surface area contributed by atoms with E-state index >= 15 is 0 Å². The molecular weight excluding hydrogens is 476 g/mol. The van der Waals surface area contributed by atoms with E-state index < -0.39 is 15.9 Å². The van der Waals surface area contributed by atoms with Crippen LogP contribution in [0.4, 0.5) is 0 Å². The number of hydrogen-bond donors (Lipinski definition) is 1. The lowest BCUT2D eigenvalue weighted by Gasteiger charge is -2.18. The van der Waals surface area contributed by atoms with Gasteiger partial charge >= 0.3 is 0 Å². The lowest BCUT2D eigenvalue weighted by Crippen LogP contribution is -2.01. The van der Waals surface area contributed by atoms with E-state index in [1.807, 2.05) is 24.3 Å². The normalized spacial score (nSPS) is 11.7. The van der Waals surface area contributed by atoms with E-state index in [4.69, 9.17) is 0 Å². The van der Waals surface area contributed by atoms with Gasteiger partial charge in [0.1, 0.15) is 5.75 Å². The fourth-order valence-electron chi connectivity index (χ4n) is 5.19. The van der Waals surface area contributed by atoms with Crippen molar-refractivity contribution in [1.29, 1.82) is 0 Å². The van der Waals surface area contributed by atoms with Gasteiger partial charge in [-0.2, -0.15) is 8.42 Å². The Hall–Kier alpha value is -4.25. The molecule has 0 aliphatic carbocycles. The molecule has 0 saturated heterocycles. The molecule has 0 bridgehead atoms. The second-order valence-corrected chi connectivity index (χ2v) is 10.7. The fraction of sp³-hybridized carbons (Fsp3) is 0.0303. The van der Waals surface area contributed by atoms with Gasteiger partial charge in [0.2, 0.25) is 0 Å². The van der Waals surface area contributed by atoms with E-state index in [9.17, 15) is 13.0 Å². The highest BCUT2D eigenvalue weighted by Gasteiger charge is 2.17. The van der Waals surface area contributed by atoms with Crippen LogP contribution in [0.2, 0.25) is 0 Å². The largest absolute Gasteiger partial charge is 0.285 e. The zero-order valence-electron chi connectivity index (χ0n) is 20.0. The Morgan fingerprint density at radius 3 is 1.46 bits per heavy atom. The van der Waals surface area contributed by atoms with Gasteiger partial charge in [-0.1, -0.05) is 121 Å². The van der Waals surface area contributed by atoms with Crippen LogP contribution in [-0.2, 0) is 15.9 Å². The highest BCUT2D eigenvalue weighted by molar-refractivity contribution is 7.85. The Morgan fingerprint density at radius 1 is 0.459 bits per heavy atom. The zero-order chi connectivity index (χ0) is 25.4. The van der Waals surface area contributed by atoms with Crippen LogP contribution < -0.4 is 0 Å². The number of benzene rings is 6. The Bertz CT molecular complexity index is 1840. The van der Waals surface area contributed by atoms with E-state index in [0.717, 1.165) is 22.1 Å². The quantitative estimate of drug-likeness (QED) is 0.191. The predicted octanol–water partition coefficient (Wildman–Crippen LogP) is 8.38. The monoisotopic (exact) mass is 500 g/mol. The maximum absolute atomic E-state index is 11.3. The molecule has 0 heterocycles.